The number of rotatable bonds is 6. The minimum absolute atomic E-state index is 0.0431. The maximum atomic E-state index is 13.0. The third-order valence-corrected chi connectivity index (χ3v) is 5.92. The minimum Gasteiger partial charge on any atom is -0.460 e. The molecule has 4 rings (SSSR count). The number of carbonyl (C=O) groups excluding carboxylic acids is 2. The lowest BCUT2D eigenvalue weighted by Crippen LogP contribution is -2.26. The number of Topliss-reactive ketones (excluding diaryl/α,β-unsaturated/α-hetero) is 1. The highest BCUT2D eigenvalue weighted by molar-refractivity contribution is 6.08. The molecular weight excluding hydrogens is 388 g/mol. The van der Waals surface area contributed by atoms with E-state index in [1.807, 2.05) is 60.0 Å². The lowest BCUT2D eigenvalue weighted by atomic mass is 10.0. The van der Waals surface area contributed by atoms with E-state index in [4.69, 9.17) is 4.74 Å². The van der Waals surface area contributed by atoms with Crippen LogP contribution in [0.25, 0.3) is 0 Å². The Morgan fingerprint density at radius 2 is 1.68 bits per heavy atom. The van der Waals surface area contributed by atoms with Gasteiger partial charge in [-0.1, -0.05) is 48.5 Å². The summed E-state index contributed by atoms with van der Waals surface area (Å²) >= 11 is 0. The van der Waals surface area contributed by atoms with E-state index in [2.05, 4.69) is 23.6 Å². The lowest BCUT2D eigenvalue weighted by Gasteiger charge is -2.15. The van der Waals surface area contributed by atoms with Crippen molar-refractivity contribution in [3.8, 4) is 0 Å². The number of hydrogen-bond donors (Lipinski definition) is 0. The van der Waals surface area contributed by atoms with Gasteiger partial charge in [0.05, 0.1) is 17.7 Å². The molecule has 0 fully saturated rings. The van der Waals surface area contributed by atoms with Crippen molar-refractivity contribution in [2.75, 3.05) is 6.61 Å². The Bertz CT molecular complexity index is 1170. The fourth-order valence-corrected chi connectivity index (χ4v) is 4.52. The topological polar surface area (TPSA) is 51.3 Å². The van der Waals surface area contributed by atoms with Crippen molar-refractivity contribution in [1.82, 2.24) is 4.57 Å². The Morgan fingerprint density at radius 1 is 1.06 bits per heavy atom. The van der Waals surface area contributed by atoms with Crippen molar-refractivity contribution in [3.63, 3.8) is 0 Å². The number of ketones is 1. The van der Waals surface area contributed by atoms with Crippen molar-refractivity contribution in [2.45, 2.75) is 40.3 Å². The van der Waals surface area contributed by atoms with Crippen LogP contribution >= 0.6 is 0 Å². The van der Waals surface area contributed by atoms with Crippen LogP contribution in [-0.4, -0.2) is 33.3 Å². The van der Waals surface area contributed by atoms with E-state index in [-0.39, 0.29) is 18.4 Å². The molecule has 158 valence electrons. The monoisotopic (exact) mass is 415 g/mol. The van der Waals surface area contributed by atoms with Gasteiger partial charge in [-0.25, -0.2) is 9.37 Å². The van der Waals surface area contributed by atoms with Crippen LogP contribution in [0.1, 0.15) is 70.0 Å². The van der Waals surface area contributed by atoms with Crippen molar-refractivity contribution < 1.29 is 18.9 Å². The fourth-order valence-electron chi connectivity index (χ4n) is 4.52. The van der Waals surface area contributed by atoms with Crippen molar-refractivity contribution in [2.24, 2.45) is 0 Å². The summed E-state index contributed by atoms with van der Waals surface area (Å²) in [5.41, 5.74) is 4.72. The molecule has 0 aliphatic carbocycles. The average Bonchev–Trinajstić information content (AvgIpc) is 3.27. The summed E-state index contributed by atoms with van der Waals surface area (Å²) < 4.78 is 9.59. The van der Waals surface area contributed by atoms with Gasteiger partial charge in [-0.05, 0) is 45.4 Å². The quantitative estimate of drug-likeness (QED) is 0.331. The molecule has 1 aromatic heterocycles. The highest BCUT2D eigenvalue weighted by atomic mass is 16.5. The van der Waals surface area contributed by atoms with Gasteiger partial charge in [0.25, 0.3) is 5.84 Å². The molecule has 0 amide bonds. The maximum Gasteiger partial charge on any atom is 0.379 e. The van der Waals surface area contributed by atoms with Gasteiger partial charge in [-0.2, -0.15) is 4.57 Å². The van der Waals surface area contributed by atoms with Crippen LogP contribution in [0.15, 0.2) is 60.7 Å². The normalized spacial score (nSPS) is 13.8. The first-order valence-corrected chi connectivity index (χ1v) is 10.6. The van der Waals surface area contributed by atoms with Gasteiger partial charge in [0.2, 0.25) is 5.69 Å². The predicted octanol–water partition coefficient (Wildman–Crippen LogP) is 4.76. The minimum atomic E-state index is -0.406. The summed E-state index contributed by atoms with van der Waals surface area (Å²) in [6, 6.07) is 20.3. The van der Waals surface area contributed by atoms with Crippen LogP contribution in [0.4, 0.5) is 0 Å². The van der Waals surface area contributed by atoms with Crippen LogP contribution in [0, 0.1) is 6.92 Å². The van der Waals surface area contributed by atoms with E-state index in [0.29, 0.717) is 23.4 Å². The van der Waals surface area contributed by atoms with Crippen molar-refractivity contribution in [1.29, 1.82) is 0 Å². The molecule has 5 nitrogen and oxygen atoms in total. The first kappa shape index (κ1) is 20.8. The van der Waals surface area contributed by atoms with Gasteiger partial charge in [0, 0.05) is 5.56 Å². The molecule has 0 N–H and O–H groups in total. The number of aromatic nitrogens is 1. The number of carbonyl (C=O) groups is 2. The molecule has 3 aromatic rings. The molecule has 31 heavy (non-hydrogen) atoms. The highest BCUT2D eigenvalue weighted by Crippen LogP contribution is 2.33. The number of benzene rings is 2. The largest absolute Gasteiger partial charge is 0.460 e. The zero-order valence-electron chi connectivity index (χ0n) is 18.4. The second-order valence-electron chi connectivity index (χ2n) is 7.81. The van der Waals surface area contributed by atoms with E-state index in [1.54, 1.807) is 13.8 Å². The first-order chi connectivity index (χ1) is 15.0. The highest BCUT2D eigenvalue weighted by Gasteiger charge is 2.43. The third-order valence-electron chi connectivity index (χ3n) is 5.92. The van der Waals surface area contributed by atoms with Crippen LogP contribution in [-0.2, 0) is 11.3 Å². The first-order valence-electron chi connectivity index (χ1n) is 10.6. The van der Waals surface area contributed by atoms with Gasteiger partial charge in [-0.15, -0.1) is 0 Å². The molecule has 5 heteroatoms. The summed E-state index contributed by atoms with van der Waals surface area (Å²) in [5, 5.41) is 0. The van der Waals surface area contributed by atoms with Gasteiger partial charge in [0.1, 0.15) is 12.6 Å². The molecule has 1 unspecified atom stereocenters. The third kappa shape index (κ3) is 3.50. The van der Waals surface area contributed by atoms with Gasteiger partial charge >= 0.3 is 5.97 Å². The van der Waals surface area contributed by atoms with Gasteiger partial charge in [0.15, 0.2) is 11.5 Å². The molecule has 0 bridgehead atoms. The van der Waals surface area contributed by atoms with Crippen LogP contribution < -0.4 is 0 Å². The number of ether oxygens (including phenoxy) is 1. The maximum absolute atomic E-state index is 13.0. The summed E-state index contributed by atoms with van der Waals surface area (Å²) in [6.07, 6.45) is 0. The Labute approximate surface area is 182 Å². The summed E-state index contributed by atoms with van der Waals surface area (Å²) in [5.74, 6) is 0.445. The van der Waals surface area contributed by atoms with E-state index in [0.717, 1.165) is 17.1 Å². The Morgan fingerprint density at radius 3 is 2.26 bits per heavy atom. The average molecular weight is 416 g/mol. The molecule has 1 aliphatic rings. The summed E-state index contributed by atoms with van der Waals surface area (Å²) in [6.45, 7) is 8.15. The van der Waals surface area contributed by atoms with Crippen molar-refractivity contribution in [3.05, 3.63) is 94.3 Å². The second-order valence-corrected chi connectivity index (χ2v) is 7.81. The smallest absolute Gasteiger partial charge is 0.379 e. The van der Waals surface area contributed by atoms with Crippen LogP contribution in [0.2, 0.25) is 0 Å². The fraction of sp³-hybridized carbons (Fsp3) is 0.269. The summed E-state index contributed by atoms with van der Waals surface area (Å²) in [7, 11) is 0. The molecule has 1 atom stereocenters. The molecule has 0 saturated carbocycles. The molecule has 2 aromatic carbocycles. The van der Waals surface area contributed by atoms with Crippen LogP contribution in [0.5, 0.6) is 0 Å². The van der Waals surface area contributed by atoms with E-state index in [1.165, 1.54) is 5.56 Å². The zero-order valence-corrected chi connectivity index (χ0v) is 18.4. The zero-order chi connectivity index (χ0) is 22.1. The van der Waals surface area contributed by atoms with Gasteiger partial charge in [-0.3, -0.25) is 4.79 Å². The van der Waals surface area contributed by atoms with Gasteiger partial charge < -0.3 is 4.74 Å². The molecule has 0 spiro atoms. The Hall–Kier alpha value is -3.47. The molecule has 1 aliphatic heterocycles. The number of esters is 1. The Kier molecular flexibility index (Phi) is 5.59. The SMILES string of the molecule is CCOC(=O)c1c(C)c(C(C)=O)c2n1C(c1ccccc1)=[N+](C(C)c1ccccc1)C2. The molecule has 0 saturated heterocycles. The molecule has 2 heterocycles. The van der Waals surface area contributed by atoms with Crippen molar-refractivity contribution >= 4 is 17.6 Å². The Balaban J connectivity index is 2.01. The van der Waals surface area contributed by atoms with E-state index >= 15 is 0 Å². The number of nitrogens with zero attached hydrogens (tertiary/aromatic N) is 2. The molecule has 0 radical (unpaired) electrons. The standard InChI is InChI=1S/C26H27N2O3/c1-5-31-26(30)24-17(2)23(19(4)29)22-16-27(18(3)20-12-8-6-9-13-20)25(28(22)24)21-14-10-7-11-15-21/h6-15,18H,5,16H2,1-4H3/q+1. The number of fused-ring (bicyclic) bond motifs is 1. The lowest BCUT2D eigenvalue weighted by molar-refractivity contribution is -0.579. The van der Waals surface area contributed by atoms with E-state index in [9.17, 15) is 9.59 Å². The second kappa shape index (κ2) is 8.34. The number of hydrogen-bond acceptors (Lipinski definition) is 3. The molecular formula is C26H27N2O3+. The van der Waals surface area contributed by atoms with E-state index < -0.39 is 5.97 Å². The summed E-state index contributed by atoms with van der Waals surface area (Å²) in [4.78, 5) is 25.6. The predicted molar refractivity (Wildman–Crippen MR) is 120 cm³/mol. The van der Waals surface area contributed by atoms with Crippen LogP contribution in [0.3, 0.4) is 0 Å².